The molecular weight excluding hydrogens is 236 g/mol. The first-order valence-electron chi connectivity index (χ1n) is 5.83. The highest BCUT2D eigenvalue weighted by atomic mass is 32.2. The molecule has 16 heavy (non-hydrogen) atoms. The second-order valence-electron chi connectivity index (χ2n) is 4.60. The van der Waals surface area contributed by atoms with Gasteiger partial charge in [-0.3, -0.25) is 4.90 Å². The second-order valence-corrected chi connectivity index (χ2v) is 6.80. The lowest BCUT2D eigenvalue weighted by Crippen LogP contribution is -2.29. The number of thioether (sulfide) groups is 1. The lowest BCUT2D eigenvalue weighted by molar-refractivity contribution is 0.235. The minimum Gasteiger partial charge on any atom is -0.298 e. The van der Waals surface area contributed by atoms with Gasteiger partial charge in [-0.25, -0.2) is 4.98 Å². The van der Waals surface area contributed by atoms with Gasteiger partial charge in [-0.15, -0.1) is 11.3 Å². The highest BCUT2D eigenvalue weighted by Crippen LogP contribution is 2.31. The van der Waals surface area contributed by atoms with Crippen molar-refractivity contribution in [3.63, 3.8) is 0 Å². The van der Waals surface area contributed by atoms with Gasteiger partial charge in [0.2, 0.25) is 0 Å². The summed E-state index contributed by atoms with van der Waals surface area (Å²) < 4.78 is 0. The average Bonchev–Trinajstić information content (AvgIpc) is 2.87. The van der Waals surface area contributed by atoms with Crippen LogP contribution >= 0.6 is 23.1 Å². The third kappa shape index (κ3) is 2.99. The quantitative estimate of drug-likeness (QED) is 0.823. The van der Waals surface area contributed by atoms with Crippen LogP contribution in [0.25, 0.3) is 0 Å². The monoisotopic (exact) mass is 256 g/mol. The Balaban J connectivity index is 1.86. The van der Waals surface area contributed by atoms with Crippen molar-refractivity contribution in [3.8, 4) is 0 Å². The minimum absolute atomic E-state index is 0.763. The average molecular weight is 256 g/mol. The van der Waals surface area contributed by atoms with Crippen molar-refractivity contribution in [2.75, 3.05) is 13.3 Å². The Hall–Kier alpha value is -0.0600. The molecule has 2 nitrogen and oxygen atoms in total. The van der Waals surface area contributed by atoms with E-state index in [-0.39, 0.29) is 0 Å². The Morgan fingerprint density at radius 2 is 2.38 bits per heavy atom. The molecule has 0 bridgehead atoms. The van der Waals surface area contributed by atoms with Crippen molar-refractivity contribution in [3.05, 3.63) is 16.1 Å². The smallest absolute Gasteiger partial charge is 0.0897 e. The van der Waals surface area contributed by atoms with E-state index in [2.05, 4.69) is 35.5 Å². The summed E-state index contributed by atoms with van der Waals surface area (Å²) in [5.41, 5.74) is 1.23. The number of aryl methyl sites for hydroxylation is 1. The summed E-state index contributed by atoms with van der Waals surface area (Å²) in [6.45, 7) is 3.09. The largest absolute Gasteiger partial charge is 0.298 e. The molecule has 0 N–H and O–H groups in total. The molecule has 1 fully saturated rings. The van der Waals surface area contributed by atoms with Crippen LogP contribution in [0.4, 0.5) is 0 Å². The number of rotatable bonds is 4. The van der Waals surface area contributed by atoms with Crippen LogP contribution < -0.4 is 0 Å². The fourth-order valence-electron chi connectivity index (χ4n) is 2.40. The van der Waals surface area contributed by atoms with Crippen LogP contribution in [0.15, 0.2) is 5.38 Å². The van der Waals surface area contributed by atoms with Crippen LogP contribution in [-0.2, 0) is 6.54 Å². The summed E-state index contributed by atoms with van der Waals surface area (Å²) in [6.07, 6.45) is 6.31. The zero-order valence-corrected chi connectivity index (χ0v) is 11.9. The number of nitrogens with zero attached hydrogens (tertiary/aromatic N) is 2. The molecule has 4 heteroatoms. The fourth-order valence-corrected chi connectivity index (χ4v) is 3.79. The van der Waals surface area contributed by atoms with Crippen LogP contribution in [0.3, 0.4) is 0 Å². The summed E-state index contributed by atoms with van der Waals surface area (Å²) in [7, 11) is 2.24. The highest BCUT2D eigenvalue weighted by Gasteiger charge is 2.26. The summed E-state index contributed by atoms with van der Waals surface area (Å²) in [4.78, 5) is 7.01. The Morgan fingerprint density at radius 3 is 2.94 bits per heavy atom. The molecule has 0 saturated heterocycles. The molecular formula is C12H20N2S2. The Morgan fingerprint density at radius 1 is 1.56 bits per heavy atom. The van der Waals surface area contributed by atoms with Crippen molar-refractivity contribution in [1.29, 1.82) is 0 Å². The molecule has 0 amide bonds. The first kappa shape index (κ1) is 12.4. The summed E-state index contributed by atoms with van der Waals surface area (Å²) in [5, 5.41) is 4.24. The first-order chi connectivity index (χ1) is 7.69. The number of hydrogen-bond acceptors (Lipinski definition) is 4. The molecule has 1 aromatic rings. The molecule has 90 valence electrons. The lowest BCUT2D eigenvalue weighted by atomic mass is 10.2. The van der Waals surface area contributed by atoms with Crippen LogP contribution in [0.5, 0.6) is 0 Å². The van der Waals surface area contributed by atoms with Gasteiger partial charge < -0.3 is 0 Å². The van der Waals surface area contributed by atoms with E-state index in [0.717, 1.165) is 17.8 Å². The van der Waals surface area contributed by atoms with Crippen LogP contribution in [0, 0.1) is 6.92 Å². The van der Waals surface area contributed by atoms with Crippen molar-refractivity contribution < 1.29 is 0 Å². The molecule has 1 aromatic heterocycles. The van der Waals surface area contributed by atoms with Crippen LogP contribution in [-0.4, -0.2) is 34.5 Å². The molecule has 0 spiro atoms. The van der Waals surface area contributed by atoms with E-state index in [1.807, 2.05) is 11.8 Å². The van der Waals surface area contributed by atoms with Gasteiger partial charge in [0.1, 0.15) is 0 Å². The maximum atomic E-state index is 4.53. The molecule has 1 saturated carbocycles. The van der Waals surface area contributed by atoms with Crippen LogP contribution in [0.2, 0.25) is 0 Å². The molecule has 2 rings (SSSR count). The molecule has 0 aromatic carbocycles. The van der Waals surface area contributed by atoms with Gasteiger partial charge in [-0.05, 0) is 39.5 Å². The summed E-state index contributed by atoms with van der Waals surface area (Å²) >= 11 is 3.78. The number of thiazole rings is 1. The van der Waals surface area contributed by atoms with E-state index in [1.54, 1.807) is 11.3 Å². The van der Waals surface area contributed by atoms with Gasteiger partial charge in [-0.1, -0.05) is 0 Å². The van der Waals surface area contributed by atoms with Gasteiger partial charge >= 0.3 is 0 Å². The number of aromatic nitrogens is 1. The topological polar surface area (TPSA) is 16.1 Å². The third-order valence-corrected chi connectivity index (χ3v) is 5.31. The molecule has 0 aliphatic heterocycles. The standard InChI is InChI=1S/C12H20N2S2/c1-9-13-10(8-16-9)7-14(2)11-4-5-12(6-11)15-3/h8,11-12H,4-7H2,1-3H3/t11-,12+/m1/s1. The number of hydrogen-bond donors (Lipinski definition) is 0. The first-order valence-corrected chi connectivity index (χ1v) is 8.00. The molecule has 2 atom stereocenters. The fraction of sp³-hybridized carbons (Fsp3) is 0.750. The van der Waals surface area contributed by atoms with Crippen molar-refractivity contribution >= 4 is 23.1 Å². The molecule has 1 aliphatic carbocycles. The van der Waals surface area contributed by atoms with Gasteiger partial charge in [0.05, 0.1) is 10.7 Å². The maximum absolute atomic E-state index is 4.53. The van der Waals surface area contributed by atoms with Gasteiger partial charge in [0.25, 0.3) is 0 Å². The van der Waals surface area contributed by atoms with Gasteiger partial charge in [0.15, 0.2) is 0 Å². The second kappa shape index (κ2) is 5.52. The molecule has 1 aliphatic rings. The molecule has 0 unspecified atom stereocenters. The van der Waals surface area contributed by atoms with Gasteiger partial charge in [0, 0.05) is 23.2 Å². The van der Waals surface area contributed by atoms with Crippen molar-refractivity contribution in [2.24, 2.45) is 0 Å². The minimum atomic E-state index is 0.763. The maximum Gasteiger partial charge on any atom is 0.0897 e. The van der Waals surface area contributed by atoms with E-state index < -0.39 is 0 Å². The van der Waals surface area contributed by atoms with E-state index in [1.165, 1.54) is 30.0 Å². The zero-order chi connectivity index (χ0) is 11.5. The Labute approximate surface area is 106 Å². The summed E-state index contributed by atoms with van der Waals surface area (Å²) in [6, 6.07) is 0.763. The normalized spacial score (nSPS) is 25.5. The van der Waals surface area contributed by atoms with Gasteiger partial charge in [-0.2, -0.15) is 11.8 Å². The third-order valence-electron chi connectivity index (χ3n) is 3.39. The van der Waals surface area contributed by atoms with E-state index in [0.29, 0.717) is 0 Å². The van der Waals surface area contributed by atoms with E-state index in [4.69, 9.17) is 0 Å². The van der Waals surface area contributed by atoms with Crippen molar-refractivity contribution in [2.45, 2.75) is 44.0 Å². The van der Waals surface area contributed by atoms with Crippen molar-refractivity contribution in [1.82, 2.24) is 9.88 Å². The molecule has 1 heterocycles. The van der Waals surface area contributed by atoms with Crippen LogP contribution in [0.1, 0.15) is 30.0 Å². The lowest BCUT2D eigenvalue weighted by Gasteiger charge is -2.23. The Kier molecular flexibility index (Phi) is 4.27. The highest BCUT2D eigenvalue weighted by molar-refractivity contribution is 7.99. The van der Waals surface area contributed by atoms with E-state index in [9.17, 15) is 0 Å². The Bertz CT molecular complexity index is 338. The van der Waals surface area contributed by atoms with E-state index >= 15 is 0 Å². The molecule has 0 radical (unpaired) electrons. The predicted octanol–water partition coefficient (Wildman–Crippen LogP) is 3.17. The SMILES string of the molecule is CS[C@H]1CC[C@@H](N(C)Cc2csc(C)n2)C1. The summed E-state index contributed by atoms with van der Waals surface area (Å²) in [5.74, 6) is 0. The predicted molar refractivity (Wildman–Crippen MR) is 73.3 cm³/mol. The zero-order valence-electron chi connectivity index (χ0n) is 10.3.